The van der Waals surface area contributed by atoms with Gasteiger partial charge < -0.3 is 9.64 Å². The summed E-state index contributed by atoms with van der Waals surface area (Å²) in [4.78, 5) is 35.4. The van der Waals surface area contributed by atoms with Crippen LogP contribution in [0.4, 0.5) is 0 Å². The van der Waals surface area contributed by atoms with Crippen LogP contribution in [0, 0.1) is 13.8 Å². The van der Waals surface area contributed by atoms with Gasteiger partial charge in [0, 0.05) is 21.9 Å². The highest BCUT2D eigenvalue weighted by Gasteiger charge is 2.20. The van der Waals surface area contributed by atoms with Crippen LogP contribution in [0.25, 0.3) is 10.2 Å². The van der Waals surface area contributed by atoms with E-state index in [1.165, 1.54) is 22.2 Å². The highest BCUT2D eigenvalue weighted by atomic mass is 32.1. The topological polar surface area (TPSA) is 64.4 Å². The highest BCUT2D eigenvalue weighted by molar-refractivity contribution is 7.18. The molecule has 6 nitrogen and oxygen atoms in total. The lowest BCUT2D eigenvalue weighted by Crippen LogP contribution is -2.35. The Balaban J connectivity index is 1.64. The Bertz CT molecular complexity index is 1280. The van der Waals surface area contributed by atoms with Gasteiger partial charge in [0.05, 0.1) is 25.4 Å². The number of nitrogens with zero attached hydrogens (tertiary/aromatic N) is 3. The molecular weight excluding hydrogens is 430 g/mol. The van der Waals surface area contributed by atoms with Gasteiger partial charge in [-0.15, -0.1) is 22.7 Å². The minimum absolute atomic E-state index is 0.0589. The van der Waals surface area contributed by atoms with Crippen LogP contribution in [0.5, 0.6) is 5.75 Å². The molecule has 0 saturated heterocycles. The Morgan fingerprint density at radius 1 is 1.16 bits per heavy atom. The molecule has 0 aliphatic carbocycles. The molecule has 4 rings (SSSR count). The molecule has 0 bridgehead atoms. The molecule has 1 aromatic carbocycles. The summed E-state index contributed by atoms with van der Waals surface area (Å²) in [7, 11) is 1.62. The Kier molecular flexibility index (Phi) is 6.20. The molecule has 0 N–H and O–H groups in total. The Hall–Kier alpha value is -2.97. The summed E-state index contributed by atoms with van der Waals surface area (Å²) >= 11 is 3.10. The van der Waals surface area contributed by atoms with Gasteiger partial charge >= 0.3 is 0 Å². The van der Waals surface area contributed by atoms with Crippen LogP contribution in [0.3, 0.4) is 0 Å². The molecule has 3 aromatic heterocycles. The van der Waals surface area contributed by atoms with Gasteiger partial charge in [-0.25, -0.2) is 4.98 Å². The lowest BCUT2D eigenvalue weighted by molar-refractivity contribution is -0.133. The fourth-order valence-corrected chi connectivity index (χ4v) is 5.20. The standard InChI is InChI=1S/C23H23N3O3S2/c1-15-16(2)31-22-21(15)23(28)26(14-24-22)13-20(27)25(12-18-8-6-10-30-18)11-17-7-4-5-9-19(17)29-3/h4-10,14H,11-13H2,1-3H3. The minimum atomic E-state index is -0.173. The largest absolute Gasteiger partial charge is 0.496 e. The normalized spacial score (nSPS) is 11.1. The fourth-order valence-electron chi connectivity index (χ4n) is 3.49. The highest BCUT2D eigenvalue weighted by Crippen LogP contribution is 2.26. The molecule has 31 heavy (non-hydrogen) atoms. The summed E-state index contributed by atoms with van der Waals surface area (Å²) in [5.74, 6) is 0.586. The van der Waals surface area contributed by atoms with Gasteiger partial charge in [0.2, 0.25) is 5.91 Å². The average Bonchev–Trinajstić information content (AvgIpc) is 3.38. The molecule has 0 aliphatic rings. The smallest absolute Gasteiger partial charge is 0.262 e. The lowest BCUT2D eigenvalue weighted by atomic mass is 10.2. The first kappa shape index (κ1) is 21.3. The number of thiophene rings is 2. The van der Waals surface area contributed by atoms with Crippen molar-refractivity contribution in [2.45, 2.75) is 33.5 Å². The van der Waals surface area contributed by atoms with E-state index in [0.717, 1.165) is 26.6 Å². The van der Waals surface area contributed by atoms with Gasteiger partial charge in [0.25, 0.3) is 5.56 Å². The quantitative estimate of drug-likeness (QED) is 0.417. The van der Waals surface area contributed by atoms with Crippen molar-refractivity contribution < 1.29 is 9.53 Å². The lowest BCUT2D eigenvalue weighted by Gasteiger charge is -2.23. The van der Waals surface area contributed by atoms with Crippen LogP contribution in [0.2, 0.25) is 0 Å². The number of ether oxygens (including phenoxy) is 1. The first-order chi connectivity index (χ1) is 15.0. The number of fused-ring (bicyclic) bond motifs is 1. The summed E-state index contributed by atoms with van der Waals surface area (Å²) in [5, 5.41) is 2.60. The van der Waals surface area contributed by atoms with Crippen molar-refractivity contribution in [1.82, 2.24) is 14.5 Å². The predicted molar refractivity (Wildman–Crippen MR) is 125 cm³/mol. The second kappa shape index (κ2) is 9.03. The third-order valence-corrected chi connectivity index (χ3v) is 7.27. The van der Waals surface area contributed by atoms with E-state index in [-0.39, 0.29) is 18.0 Å². The summed E-state index contributed by atoms with van der Waals surface area (Å²) in [6.45, 7) is 4.70. The SMILES string of the molecule is COc1ccccc1CN(Cc1cccs1)C(=O)Cn1cnc2sc(C)c(C)c2c1=O. The maximum absolute atomic E-state index is 13.3. The van der Waals surface area contributed by atoms with Crippen molar-refractivity contribution in [3.8, 4) is 5.75 Å². The van der Waals surface area contributed by atoms with Crippen molar-refractivity contribution >= 4 is 38.8 Å². The van der Waals surface area contributed by atoms with E-state index >= 15 is 0 Å². The van der Waals surface area contributed by atoms with E-state index in [1.807, 2.05) is 55.6 Å². The van der Waals surface area contributed by atoms with Crippen LogP contribution in [-0.4, -0.2) is 27.5 Å². The van der Waals surface area contributed by atoms with Crippen molar-refractivity contribution in [1.29, 1.82) is 0 Å². The number of aromatic nitrogens is 2. The number of rotatable bonds is 7. The Morgan fingerprint density at radius 2 is 1.97 bits per heavy atom. The Morgan fingerprint density at radius 3 is 2.71 bits per heavy atom. The summed E-state index contributed by atoms with van der Waals surface area (Å²) in [6, 6.07) is 11.6. The van der Waals surface area contributed by atoms with Crippen LogP contribution in [-0.2, 0) is 24.4 Å². The van der Waals surface area contributed by atoms with Gasteiger partial charge in [0.1, 0.15) is 17.1 Å². The molecule has 4 aromatic rings. The number of hydrogen-bond acceptors (Lipinski definition) is 6. The van der Waals surface area contributed by atoms with Crippen LogP contribution in [0.1, 0.15) is 20.9 Å². The van der Waals surface area contributed by atoms with E-state index in [9.17, 15) is 9.59 Å². The molecule has 0 saturated carbocycles. The van der Waals surface area contributed by atoms with E-state index in [0.29, 0.717) is 23.3 Å². The molecule has 1 amide bonds. The number of benzene rings is 1. The number of methoxy groups -OCH3 is 1. The zero-order chi connectivity index (χ0) is 22.0. The van der Waals surface area contributed by atoms with Crippen molar-refractivity contribution in [3.63, 3.8) is 0 Å². The number of amides is 1. The summed E-state index contributed by atoms with van der Waals surface area (Å²) in [5.41, 5.74) is 1.68. The molecule has 160 valence electrons. The maximum Gasteiger partial charge on any atom is 0.262 e. The number of hydrogen-bond donors (Lipinski definition) is 0. The zero-order valence-corrected chi connectivity index (χ0v) is 19.3. The molecule has 8 heteroatoms. The van der Waals surface area contributed by atoms with E-state index in [1.54, 1.807) is 23.3 Å². The number of carbonyl (C=O) groups excluding carboxylic acids is 1. The molecule has 0 unspecified atom stereocenters. The van der Waals surface area contributed by atoms with Crippen molar-refractivity contribution in [2.24, 2.45) is 0 Å². The third kappa shape index (κ3) is 4.40. The second-order valence-corrected chi connectivity index (χ2v) is 9.52. The molecular formula is C23H23N3O3S2. The van der Waals surface area contributed by atoms with Gasteiger partial charge in [-0.05, 0) is 36.9 Å². The fraction of sp³-hybridized carbons (Fsp3) is 0.261. The zero-order valence-electron chi connectivity index (χ0n) is 17.6. The molecule has 0 spiro atoms. The molecule has 0 fully saturated rings. The first-order valence-electron chi connectivity index (χ1n) is 9.85. The second-order valence-electron chi connectivity index (χ2n) is 7.28. The predicted octanol–water partition coefficient (Wildman–Crippen LogP) is 4.37. The van der Waals surface area contributed by atoms with Gasteiger partial charge in [-0.3, -0.25) is 14.2 Å². The van der Waals surface area contributed by atoms with Crippen molar-refractivity contribution in [3.05, 3.63) is 79.3 Å². The van der Waals surface area contributed by atoms with E-state index in [4.69, 9.17) is 4.74 Å². The maximum atomic E-state index is 13.3. The monoisotopic (exact) mass is 453 g/mol. The first-order valence-corrected chi connectivity index (χ1v) is 11.5. The average molecular weight is 454 g/mol. The van der Waals surface area contributed by atoms with Crippen molar-refractivity contribution in [2.75, 3.05) is 7.11 Å². The number of aryl methyl sites for hydroxylation is 2. The molecule has 0 aliphatic heterocycles. The van der Waals surface area contributed by atoms with Crippen LogP contribution < -0.4 is 10.3 Å². The van der Waals surface area contributed by atoms with Gasteiger partial charge in [-0.1, -0.05) is 24.3 Å². The molecule has 0 atom stereocenters. The molecule has 3 heterocycles. The summed E-state index contributed by atoms with van der Waals surface area (Å²) in [6.07, 6.45) is 1.48. The third-order valence-electron chi connectivity index (χ3n) is 5.29. The summed E-state index contributed by atoms with van der Waals surface area (Å²) < 4.78 is 6.87. The van der Waals surface area contributed by atoms with E-state index in [2.05, 4.69) is 4.98 Å². The van der Waals surface area contributed by atoms with Crippen LogP contribution in [0.15, 0.2) is 52.9 Å². The number of carbonyl (C=O) groups is 1. The van der Waals surface area contributed by atoms with Gasteiger partial charge in [-0.2, -0.15) is 0 Å². The minimum Gasteiger partial charge on any atom is -0.496 e. The van der Waals surface area contributed by atoms with E-state index < -0.39 is 0 Å². The Labute approximate surface area is 188 Å². The number of para-hydroxylation sites is 1. The van der Waals surface area contributed by atoms with Crippen LogP contribution >= 0.6 is 22.7 Å². The van der Waals surface area contributed by atoms with Gasteiger partial charge in [0.15, 0.2) is 0 Å². The molecule has 0 radical (unpaired) electrons.